The molecule has 0 saturated carbocycles. The Bertz CT molecular complexity index is 1090. The molecule has 3 rings (SSSR count). The van der Waals surface area contributed by atoms with Gasteiger partial charge in [-0.1, -0.05) is 6.07 Å². The molecular weight excluding hydrogens is 400 g/mol. The topological polar surface area (TPSA) is 102 Å². The molecule has 28 heavy (non-hydrogen) atoms. The molecule has 0 N–H and O–H groups in total. The SMILES string of the molecule is Cc1cc(C)c(C)c(S(=O)(=O)N2CCC(S(=O)(=O)c3nncn3C)CC2)c1C. The van der Waals surface area contributed by atoms with E-state index in [4.69, 9.17) is 0 Å². The Morgan fingerprint density at radius 1 is 0.964 bits per heavy atom. The van der Waals surface area contributed by atoms with Gasteiger partial charge in [0.05, 0.1) is 10.1 Å². The summed E-state index contributed by atoms with van der Waals surface area (Å²) in [5.74, 6) is 0. The van der Waals surface area contributed by atoms with E-state index in [1.807, 2.05) is 33.8 Å². The second-order valence-corrected chi connectivity index (χ2v) is 11.5. The minimum absolute atomic E-state index is 0.0743. The second-order valence-electron chi connectivity index (χ2n) is 7.46. The summed E-state index contributed by atoms with van der Waals surface area (Å²) in [5, 5.41) is 6.62. The van der Waals surface area contributed by atoms with Crippen LogP contribution in [0.25, 0.3) is 0 Å². The van der Waals surface area contributed by atoms with Gasteiger partial charge in [0, 0.05) is 20.1 Å². The number of hydrogen-bond acceptors (Lipinski definition) is 6. The van der Waals surface area contributed by atoms with Crippen molar-refractivity contribution in [2.45, 2.75) is 55.8 Å². The van der Waals surface area contributed by atoms with Crippen molar-refractivity contribution in [1.29, 1.82) is 0 Å². The van der Waals surface area contributed by atoms with Crippen LogP contribution in [-0.4, -0.2) is 54.2 Å². The fourth-order valence-corrected chi connectivity index (χ4v) is 7.54. The quantitative estimate of drug-likeness (QED) is 0.737. The Labute approximate surface area is 166 Å². The van der Waals surface area contributed by atoms with E-state index in [1.165, 1.54) is 15.2 Å². The molecule has 1 fully saturated rings. The van der Waals surface area contributed by atoms with Crippen LogP contribution in [0.2, 0.25) is 0 Å². The van der Waals surface area contributed by atoms with Gasteiger partial charge in [-0.15, -0.1) is 10.2 Å². The summed E-state index contributed by atoms with van der Waals surface area (Å²) in [4.78, 5) is 0.347. The average Bonchev–Trinajstić information content (AvgIpc) is 3.07. The van der Waals surface area contributed by atoms with E-state index in [0.29, 0.717) is 4.90 Å². The third-order valence-electron chi connectivity index (χ3n) is 5.66. The lowest BCUT2D eigenvalue weighted by Crippen LogP contribution is -2.43. The highest BCUT2D eigenvalue weighted by molar-refractivity contribution is 7.92. The van der Waals surface area contributed by atoms with Gasteiger partial charge in [0.25, 0.3) is 0 Å². The van der Waals surface area contributed by atoms with Crippen LogP contribution in [0.3, 0.4) is 0 Å². The average molecular weight is 427 g/mol. The fourth-order valence-electron chi connectivity index (χ4n) is 3.76. The van der Waals surface area contributed by atoms with Crippen LogP contribution in [0.5, 0.6) is 0 Å². The number of aromatic nitrogens is 3. The normalized spacial score (nSPS) is 17.2. The number of rotatable bonds is 4. The highest BCUT2D eigenvalue weighted by Gasteiger charge is 2.38. The molecule has 2 aromatic rings. The van der Waals surface area contributed by atoms with Crippen LogP contribution in [0.1, 0.15) is 35.1 Å². The number of benzene rings is 1. The Morgan fingerprint density at radius 3 is 1.96 bits per heavy atom. The van der Waals surface area contributed by atoms with Crippen LogP contribution in [0.4, 0.5) is 0 Å². The summed E-state index contributed by atoms with van der Waals surface area (Å²) >= 11 is 0. The molecule has 154 valence electrons. The first kappa shape index (κ1) is 20.9. The van der Waals surface area contributed by atoms with E-state index in [9.17, 15) is 16.8 Å². The van der Waals surface area contributed by atoms with E-state index in [2.05, 4.69) is 10.2 Å². The van der Waals surface area contributed by atoms with E-state index < -0.39 is 25.1 Å². The van der Waals surface area contributed by atoms with Gasteiger partial charge < -0.3 is 4.57 Å². The molecule has 10 heteroatoms. The molecule has 1 aromatic carbocycles. The summed E-state index contributed by atoms with van der Waals surface area (Å²) in [6.45, 7) is 7.77. The summed E-state index contributed by atoms with van der Waals surface area (Å²) in [5.41, 5.74) is 3.36. The lowest BCUT2D eigenvalue weighted by Gasteiger charge is -2.31. The van der Waals surface area contributed by atoms with E-state index in [0.717, 1.165) is 22.3 Å². The van der Waals surface area contributed by atoms with Crippen molar-refractivity contribution in [1.82, 2.24) is 19.1 Å². The summed E-state index contributed by atoms with van der Waals surface area (Å²) < 4.78 is 55.0. The van der Waals surface area contributed by atoms with Crippen molar-refractivity contribution < 1.29 is 16.8 Å². The zero-order valence-corrected chi connectivity index (χ0v) is 18.4. The van der Waals surface area contributed by atoms with E-state index in [1.54, 1.807) is 7.05 Å². The number of aryl methyl sites for hydroxylation is 3. The lowest BCUT2D eigenvalue weighted by molar-refractivity contribution is 0.344. The predicted molar refractivity (Wildman–Crippen MR) is 105 cm³/mol. The molecule has 0 bridgehead atoms. The van der Waals surface area contributed by atoms with Gasteiger partial charge in [-0.05, 0) is 62.8 Å². The zero-order valence-electron chi connectivity index (χ0n) is 16.8. The predicted octanol–water partition coefficient (Wildman–Crippen LogP) is 1.68. The number of sulfonamides is 1. The number of hydrogen-bond donors (Lipinski definition) is 0. The third kappa shape index (κ3) is 3.37. The molecule has 0 radical (unpaired) electrons. The molecule has 0 spiro atoms. The smallest absolute Gasteiger partial charge is 0.249 e. The Balaban J connectivity index is 1.87. The van der Waals surface area contributed by atoms with Gasteiger partial charge in [0.15, 0.2) is 0 Å². The molecule has 0 atom stereocenters. The van der Waals surface area contributed by atoms with Gasteiger partial charge >= 0.3 is 0 Å². The van der Waals surface area contributed by atoms with Crippen molar-refractivity contribution in [3.05, 3.63) is 34.6 Å². The molecule has 2 heterocycles. The van der Waals surface area contributed by atoms with Crippen LogP contribution in [0, 0.1) is 27.7 Å². The molecule has 8 nitrogen and oxygen atoms in total. The number of nitrogens with zero attached hydrogens (tertiary/aromatic N) is 4. The summed E-state index contributed by atoms with van der Waals surface area (Å²) in [7, 11) is -5.76. The molecule has 0 unspecified atom stereocenters. The van der Waals surface area contributed by atoms with E-state index in [-0.39, 0.29) is 31.1 Å². The standard InChI is InChI=1S/C18H26N4O4S2/c1-12-10-13(2)15(4)17(14(12)3)28(25,26)22-8-6-16(7-9-22)27(23,24)18-20-19-11-21(18)5/h10-11,16H,6-9H2,1-5H3. The maximum absolute atomic E-state index is 13.3. The zero-order chi connectivity index (χ0) is 20.9. The first-order valence-corrected chi connectivity index (χ1v) is 12.1. The summed E-state index contributed by atoms with van der Waals surface area (Å²) in [6.07, 6.45) is 1.81. The maximum Gasteiger partial charge on any atom is 0.249 e. The van der Waals surface area contributed by atoms with Crippen LogP contribution in [-0.2, 0) is 26.9 Å². The van der Waals surface area contributed by atoms with Crippen LogP contribution >= 0.6 is 0 Å². The molecule has 1 saturated heterocycles. The van der Waals surface area contributed by atoms with Gasteiger partial charge in [-0.2, -0.15) is 4.31 Å². The minimum Gasteiger partial charge on any atom is -0.308 e. The summed E-state index contributed by atoms with van der Waals surface area (Å²) in [6, 6.07) is 1.99. The Kier molecular flexibility index (Phi) is 5.41. The van der Waals surface area contributed by atoms with Crippen molar-refractivity contribution in [2.75, 3.05) is 13.1 Å². The molecule has 0 aliphatic carbocycles. The maximum atomic E-state index is 13.3. The second kappa shape index (κ2) is 7.23. The number of sulfone groups is 1. The van der Waals surface area contributed by atoms with E-state index >= 15 is 0 Å². The molecule has 1 aliphatic rings. The van der Waals surface area contributed by atoms with Crippen molar-refractivity contribution in [3.63, 3.8) is 0 Å². The van der Waals surface area contributed by atoms with Crippen LogP contribution in [0.15, 0.2) is 22.4 Å². The third-order valence-corrected chi connectivity index (χ3v) is 10.1. The minimum atomic E-state index is -3.69. The first-order valence-electron chi connectivity index (χ1n) is 9.13. The fraction of sp³-hybridized carbons (Fsp3) is 0.556. The van der Waals surface area contributed by atoms with Crippen molar-refractivity contribution in [3.8, 4) is 0 Å². The molecular formula is C18H26N4O4S2. The van der Waals surface area contributed by atoms with Crippen molar-refractivity contribution >= 4 is 19.9 Å². The first-order chi connectivity index (χ1) is 13.0. The van der Waals surface area contributed by atoms with Crippen molar-refractivity contribution in [2.24, 2.45) is 7.05 Å². The monoisotopic (exact) mass is 426 g/mol. The Hall–Kier alpha value is -1.78. The van der Waals surface area contributed by atoms with Gasteiger partial charge in [-0.25, -0.2) is 16.8 Å². The highest BCUT2D eigenvalue weighted by atomic mass is 32.2. The molecule has 1 aliphatic heterocycles. The van der Waals surface area contributed by atoms with Gasteiger partial charge in [0.1, 0.15) is 6.33 Å². The largest absolute Gasteiger partial charge is 0.308 e. The number of piperidine rings is 1. The highest BCUT2D eigenvalue weighted by Crippen LogP contribution is 2.31. The van der Waals surface area contributed by atoms with Gasteiger partial charge in [-0.3, -0.25) is 0 Å². The Morgan fingerprint density at radius 2 is 1.50 bits per heavy atom. The molecule has 1 aromatic heterocycles. The molecule has 0 amide bonds. The van der Waals surface area contributed by atoms with Crippen LogP contribution < -0.4 is 0 Å². The lowest BCUT2D eigenvalue weighted by atomic mass is 10.0. The van der Waals surface area contributed by atoms with Gasteiger partial charge in [0.2, 0.25) is 25.0 Å².